The Bertz CT molecular complexity index is 2440. The molecule has 4 aromatic carbocycles. The van der Waals surface area contributed by atoms with Gasteiger partial charge in [-0.25, -0.2) is 43.2 Å². The summed E-state index contributed by atoms with van der Waals surface area (Å²) < 4.78 is 141. The van der Waals surface area contributed by atoms with Crippen LogP contribution in [0.2, 0.25) is 0 Å². The molecule has 0 unspecified atom stereocenters. The van der Waals surface area contributed by atoms with Crippen molar-refractivity contribution in [2.45, 2.75) is 81.6 Å². The normalized spacial score (nSPS) is 15.4. The quantitative estimate of drug-likeness (QED) is 0.0567. The number of hydrogen-bond donors (Lipinski definition) is 5. The summed E-state index contributed by atoms with van der Waals surface area (Å²) in [6.45, 7) is 3.57. The standard InChI is InChI=1S/C22H26F3NO4S.C19H19F3INO3S/c1-13-3-4-16(18(23)7-13)9-17-20(25)19(24)8-14(2)21(17)26-31(29,30)22(5-6-22)10-15(11-27)12-28;1-11-8-16(21)17(22)14(9-12-2-3-13(23)10-15(12)20)18(11)24-28(26,27)19(4-5-19)6-7-25/h3-4,7-8,15,26-28H,5-6,9-12H2,1-2H3;2-3,8,10,24-25H,4-7,9H2,1H3. The maximum Gasteiger partial charge on any atom is 0.238 e. The molecule has 59 heavy (non-hydrogen) atoms. The lowest BCUT2D eigenvalue weighted by atomic mass is 9.98. The number of nitrogens with one attached hydrogen (secondary N) is 2. The van der Waals surface area contributed by atoms with Gasteiger partial charge in [0, 0.05) is 53.3 Å². The number of aliphatic hydroxyl groups excluding tert-OH is 3. The fourth-order valence-electron chi connectivity index (χ4n) is 7.01. The van der Waals surface area contributed by atoms with Crippen LogP contribution in [0.25, 0.3) is 0 Å². The second kappa shape index (κ2) is 18.3. The summed E-state index contributed by atoms with van der Waals surface area (Å²) >= 11 is 1.93. The van der Waals surface area contributed by atoms with E-state index in [0.29, 0.717) is 34.8 Å². The summed E-state index contributed by atoms with van der Waals surface area (Å²) in [7, 11) is -8.00. The molecule has 18 heteroatoms. The Morgan fingerprint density at radius 1 is 0.644 bits per heavy atom. The number of hydrogen-bond acceptors (Lipinski definition) is 7. The minimum atomic E-state index is -4.06. The van der Waals surface area contributed by atoms with Gasteiger partial charge in [-0.05, 0) is 140 Å². The molecule has 2 aliphatic carbocycles. The van der Waals surface area contributed by atoms with Gasteiger partial charge in [0.2, 0.25) is 20.0 Å². The van der Waals surface area contributed by atoms with Crippen molar-refractivity contribution in [2.24, 2.45) is 5.92 Å². The SMILES string of the molecule is Cc1cc(F)c(F)c(Cc2ccc(I)cc2F)c1NS(=O)(=O)C1(CCO)CC1.Cc1ccc(Cc2c(F)c(F)cc(C)c2NS(=O)(=O)C2(CC(CO)CO)CC2)c(F)c1. The molecule has 322 valence electrons. The van der Waals surface area contributed by atoms with E-state index in [0.717, 1.165) is 12.1 Å². The van der Waals surface area contributed by atoms with Crippen LogP contribution in [-0.4, -0.2) is 61.5 Å². The zero-order chi connectivity index (χ0) is 43.7. The van der Waals surface area contributed by atoms with Crippen molar-refractivity contribution >= 4 is 54.0 Å². The summed E-state index contributed by atoms with van der Waals surface area (Å²) in [4.78, 5) is 0. The molecule has 2 aliphatic rings. The Morgan fingerprint density at radius 3 is 1.49 bits per heavy atom. The van der Waals surface area contributed by atoms with Gasteiger partial charge in [-0.15, -0.1) is 0 Å². The van der Waals surface area contributed by atoms with E-state index in [9.17, 15) is 53.4 Å². The van der Waals surface area contributed by atoms with Gasteiger partial charge in [0.1, 0.15) is 11.6 Å². The van der Waals surface area contributed by atoms with Gasteiger partial charge >= 0.3 is 0 Å². The molecule has 0 saturated heterocycles. The summed E-state index contributed by atoms with van der Waals surface area (Å²) in [5.74, 6) is -6.51. The number of rotatable bonds is 16. The number of sulfonamides is 2. The fraction of sp³-hybridized carbons (Fsp3) is 0.415. The molecule has 0 amide bonds. The Morgan fingerprint density at radius 2 is 1.08 bits per heavy atom. The molecule has 6 rings (SSSR count). The van der Waals surface area contributed by atoms with Crippen molar-refractivity contribution in [3.05, 3.63) is 126 Å². The average molecular weight is 983 g/mol. The lowest BCUT2D eigenvalue weighted by molar-refractivity contribution is 0.141. The smallest absolute Gasteiger partial charge is 0.238 e. The predicted molar refractivity (Wildman–Crippen MR) is 221 cm³/mol. The van der Waals surface area contributed by atoms with Gasteiger partial charge in [-0.3, -0.25) is 9.44 Å². The first kappa shape index (κ1) is 46.6. The zero-order valence-corrected chi connectivity index (χ0v) is 36.2. The number of anilines is 2. The molecule has 0 radical (unpaired) electrons. The highest BCUT2D eigenvalue weighted by molar-refractivity contribution is 14.1. The lowest BCUT2D eigenvalue weighted by Gasteiger charge is -2.24. The molecular weight excluding hydrogens is 937 g/mol. The Kier molecular flexibility index (Phi) is 14.4. The molecule has 0 aromatic heterocycles. The second-order valence-corrected chi connectivity index (χ2v) is 20.8. The van der Waals surface area contributed by atoms with E-state index < -0.39 is 70.4 Å². The molecule has 2 saturated carbocycles. The van der Waals surface area contributed by atoms with E-state index in [1.54, 1.807) is 19.1 Å². The van der Waals surface area contributed by atoms with E-state index >= 15 is 0 Å². The fourth-order valence-corrected chi connectivity index (χ4v) is 11.1. The van der Waals surface area contributed by atoms with Crippen molar-refractivity contribution in [1.29, 1.82) is 0 Å². The molecule has 0 aliphatic heterocycles. The van der Waals surface area contributed by atoms with E-state index in [-0.39, 0.29) is 90.3 Å². The van der Waals surface area contributed by atoms with Crippen LogP contribution < -0.4 is 9.44 Å². The summed E-state index contributed by atoms with van der Waals surface area (Å²) in [5, 5.41) is 27.8. The Balaban J connectivity index is 0.000000225. The van der Waals surface area contributed by atoms with Crippen LogP contribution in [0.4, 0.5) is 37.7 Å². The number of benzene rings is 4. The topological polar surface area (TPSA) is 153 Å². The number of aliphatic hydroxyl groups is 3. The summed E-state index contributed by atoms with van der Waals surface area (Å²) in [6.07, 6.45) is 0.869. The van der Waals surface area contributed by atoms with E-state index in [1.165, 1.54) is 38.1 Å². The largest absolute Gasteiger partial charge is 0.396 e. The van der Waals surface area contributed by atoms with E-state index in [2.05, 4.69) is 9.44 Å². The first-order valence-electron chi connectivity index (χ1n) is 18.6. The number of aryl methyl sites for hydroxylation is 3. The highest BCUT2D eigenvalue weighted by atomic mass is 127. The van der Waals surface area contributed by atoms with Crippen molar-refractivity contribution in [1.82, 2.24) is 0 Å². The summed E-state index contributed by atoms with van der Waals surface area (Å²) in [6, 6.07) is 10.5. The maximum atomic E-state index is 14.7. The molecule has 2 fully saturated rings. The third kappa shape index (κ3) is 10.2. The van der Waals surface area contributed by atoms with Crippen LogP contribution in [0.5, 0.6) is 0 Å². The molecule has 4 aromatic rings. The molecule has 0 atom stereocenters. The predicted octanol–water partition coefficient (Wildman–Crippen LogP) is 7.84. The van der Waals surface area contributed by atoms with Crippen LogP contribution in [0.1, 0.15) is 77.5 Å². The average Bonchev–Trinajstić information content (AvgIpc) is 4.11. The minimum absolute atomic E-state index is 0.0416. The van der Waals surface area contributed by atoms with Gasteiger partial charge < -0.3 is 15.3 Å². The molecule has 5 N–H and O–H groups in total. The van der Waals surface area contributed by atoms with Gasteiger partial charge in [-0.2, -0.15) is 0 Å². The molecule has 9 nitrogen and oxygen atoms in total. The van der Waals surface area contributed by atoms with E-state index in [1.807, 2.05) is 22.6 Å². The van der Waals surface area contributed by atoms with Crippen LogP contribution >= 0.6 is 22.6 Å². The molecule has 0 heterocycles. The van der Waals surface area contributed by atoms with Gasteiger partial charge in [0.05, 0.1) is 20.9 Å². The lowest BCUT2D eigenvalue weighted by Crippen LogP contribution is -2.34. The highest BCUT2D eigenvalue weighted by Gasteiger charge is 2.56. The Hall–Kier alpha value is -3.43. The van der Waals surface area contributed by atoms with Gasteiger partial charge in [-0.1, -0.05) is 18.2 Å². The van der Waals surface area contributed by atoms with Crippen LogP contribution in [0.15, 0.2) is 48.5 Å². The van der Waals surface area contributed by atoms with Crippen molar-refractivity contribution in [3.8, 4) is 0 Å². The second-order valence-electron chi connectivity index (χ2n) is 15.4. The number of halogens is 7. The zero-order valence-electron chi connectivity index (χ0n) is 32.4. The summed E-state index contributed by atoms with van der Waals surface area (Å²) in [5.41, 5.74) is 0.538. The van der Waals surface area contributed by atoms with Crippen LogP contribution in [0, 0.1) is 65.2 Å². The Labute approximate surface area is 353 Å². The van der Waals surface area contributed by atoms with Gasteiger partial charge in [0.15, 0.2) is 23.3 Å². The first-order valence-corrected chi connectivity index (χ1v) is 22.7. The molecule has 0 spiro atoms. The van der Waals surface area contributed by atoms with E-state index in [4.69, 9.17) is 5.11 Å². The van der Waals surface area contributed by atoms with Crippen molar-refractivity contribution in [3.63, 3.8) is 0 Å². The van der Waals surface area contributed by atoms with Crippen LogP contribution in [-0.2, 0) is 32.9 Å². The van der Waals surface area contributed by atoms with Gasteiger partial charge in [0.25, 0.3) is 0 Å². The first-order chi connectivity index (χ1) is 27.6. The third-order valence-corrected chi connectivity index (χ3v) is 16.0. The molecular formula is C41H45F6IN2O7S2. The highest BCUT2D eigenvalue weighted by Crippen LogP contribution is 2.50. The van der Waals surface area contributed by atoms with Crippen molar-refractivity contribution in [2.75, 3.05) is 29.3 Å². The third-order valence-electron chi connectivity index (χ3n) is 11.0. The monoisotopic (exact) mass is 982 g/mol. The molecule has 0 bridgehead atoms. The van der Waals surface area contributed by atoms with Crippen molar-refractivity contribution < 1.29 is 58.5 Å². The van der Waals surface area contributed by atoms with Crippen LogP contribution in [0.3, 0.4) is 0 Å². The minimum Gasteiger partial charge on any atom is -0.396 e. The maximum absolute atomic E-state index is 14.7.